The van der Waals surface area contributed by atoms with Crippen LogP contribution < -0.4 is 26.2 Å². The van der Waals surface area contributed by atoms with Gasteiger partial charge in [-0.2, -0.15) is 0 Å². The van der Waals surface area contributed by atoms with Gasteiger partial charge >= 0.3 is 0 Å². The topological polar surface area (TPSA) is 45.9 Å². The van der Waals surface area contributed by atoms with E-state index in [1.54, 1.807) is 0 Å². The highest BCUT2D eigenvalue weighted by molar-refractivity contribution is 7.28. The molecule has 0 unspecified atom stereocenters. The summed E-state index contributed by atoms with van der Waals surface area (Å²) in [4.78, 5) is 5.13. The van der Waals surface area contributed by atoms with E-state index in [0.717, 1.165) is 161 Å². The van der Waals surface area contributed by atoms with E-state index in [9.17, 15) is 0 Å². The van der Waals surface area contributed by atoms with Crippen molar-refractivity contribution in [3.63, 3.8) is 0 Å². The Balaban J connectivity index is 1.09. The number of para-hydroxylation sites is 5. The van der Waals surface area contributed by atoms with Crippen molar-refractivity contribution in [3.8, 4) is 44.5 Å². The quantitative estimate of drug-likeness (QED) is 0.155. The van der Waals surface area contributed by atoms with Gasteiger partial charge in [-0.15, -0.1) is 11.3 Å². The van der Waals surface area contributed by atoms with Gasteiger partial charge in [0, 0.05) is 80.5 Å². The van der Waals surface area contributed by atoms with E-state index < -0.39 is 6.71 Å². The first-order valence-electron chi connectivity index (χ1n) is 29.0. The lowest BCUT2D eigenvalue weighted by molar-refractivity contribution is 0.665. The minimum Gasteiger partial charge on any atom is -0.456 e. The maximum Gasteiger partial charge on any atom is 0.259 e. The highest BCUT2D eigenvalue weighted by Crippen LogP contribution is 2.57. The molecule has 0 atom stereocenters. The number of nitrogens with zero attached hydrogens (tertiary/aromatic N) is 2. The van der Waals surface area contributed by atoms with Crippen LogP contribution in [0.25, 0.3) is 130 Å². The van der Waals surface area contributed by atoms with Crippen LogP contribution in [0.1, 0.15) is 0 Å². The summed E-state index contributed by atoms with van der Waals surface area (Å²) in [7, 11) is 0. The molecule has 6 heterocycles. The van der Waals surface area contributed by atoms with E-state index in [4.69, 9.17) is 13.3 Å². The van der Waals surface area contributed by atoms with E-state index in [1.807, 2.05) is 11.3 Å². The van der Waals surface area contributed by atoms with Gasteiger partial charge < -0.3 is 23.1 Å². The zero-order chi connectivity index (χ0) is 55.4. The van der Waals surface area contributed by atoms with Gasteiger partial charge in [0.25, 0.3) is 6.71 Å². The van der Waals surface area contributed by atoms with Crippen molar-refractivity contribution in [1.29, 1.82) is 0 Å². The third-order valence-corrected chi connectivity index (χ3v) is 19.2. The normalized spacial score (nSPS) is 12.9. The highest BCUT2D eigenvalue weighted by atomic mass is 32.1. The number of rotatable bonds is 6. The van der Waals surface area contributed by atoms with Crippen LogP contribution >= 0.6 is 11.3 Å². The van der Waals surface area contributed by atoms with E-state index >= 15 is 0 Å². The summed E-state index contributed by atoms with van der Waals surface area (Å²) < 4.78 is 25.3. The zero-order valence-corrected chi connectivity index (χ0v) is 46.4. The van der Waals surface area contributed by atoms with E-state index in [0.29, 0.717) is 0 Å². The number of hydrogen-bond donors (Lipinski definition) is 0. The predicted molar refractivity (Wildman–Crippen MR) is 357 cm³/mol. The first-order valence-corrected chi connectivity index (χ1v) is 29.8. The smallest absolute Gasteiger partial charge is 0.259 e. The molecule has 19 rings (SSSR count). The molecule has 4 aromatic heterocycles. The van der Waals surface area contributed by atoms with Gasteiger partial charge in [-0.25, -0.2) is 0 Å². The molecule has 0 N–H and O–H groups in total. The fourth-order valence-corrected chi connectivity index (χ4v) is 15.9. The average molecular weight is 1100 g/mol. The van der Waals surface area contributed by atoms with Gasteiger partial charge in [0.1, 0.15) is 22.3 Å². The van der Waals surface area contributed by atoms with Crippen molar-refractivity contribution in [2.75, 3.05) is 9.80 Å². The molecule has 13 aromatic carbocycles. The van der Waals surface area contributed by atoms with Crippen molar-refractivity contribution in [3.05, 3.63) is 273 Å². The maximum atomic E-state index is 7.65. The van der Waals surface area contributed by atoms with Crippen molar-refractivity contribution in [2.24, 2.45) is 0 Å². The Labute approximate surface area is 492 Å². The minimum atomic E-state index is -0.442. The molecule has 394 valence electrons. The van der Waals surface area contributed by atoms with Crippen molar-refractivity contribution < 1.29 is 13.3 Å². The minimum absolute atomic E-state index is 0.442. The van der Waals surface area contributed by atoms with E-state index in [2.05, 4.69) is 283 Å². The lowest BCUT2D eigenvalue weighted by Crippen LogP contribution is -2.61. The summed E-state index contributed by atoms with van der Waals surface area (Å²) in [6, 6.07) is 98.8. The number of benzene rings is 13. The SMILES string of the molecule is c1ccc(-c2ccccc2-c2cc3c4c(c2)N(c2ccccc2-c2ccccc2)c2c(c5sc6ccccc6c5c5c2oc2ccccc25)B4c2c(c4oc5ccccc5c4c4c2oc2ccccc24)N3c2ccccc2-c2ccccc2)cc1. The summed E-state index contributed by atoms with van der Waals surface area (Å²) in [5.74, 6) is 0. The van der Waals surface area contributed by atoms with Crippen molar-refractivity contribution in [2.45, 2.75) is 0 Å². The molecule has 17 aromatic rings. The zero-order valence-electron chi connectivity index (χ0n) is 45.6. The van der Waals surface area contributed by atoms with Crippen LogP contribution in [-0.2, 0) is 0 Å². The van der Waals surface area contributed by atoms with E-state index in [-0.39, 0.29) is 0 Å². The van der Waals surface area contributed by atoms with Crippen LogP contribution in [0.15, 0.2) is 286 Å². The number of furan rings is 3. The molecular weight excluding hydrogens is 1060 g/mol. The molecule has 0 radical (unpaired) electrons. The third kappa shape index (κ3) is 6.53. The summed E-state index contributed by atoms with van der Waals surface area (Å²) in [5.41, 5.74) is 23.3. The second kappa shape index (κ2) is 17.8. The molecule has 0 saturated carbocycles. The first-order chi connectivity index (χ1) is 42.2. The molecule has 0 aliphatic carbocycles. The number of anilines is 6. The van der Waals surface area contributed by atoms with Crippen LogP contribution in [0.3, 0.4) is 0 Å². The number of hydrogen-bond acceptors (Lipinski definition) is 6. The molecular formula is C78H45BN2O3S. The Bertz CT molecular complexity index is 5340. The molecule has 0 saturated heterocycles. The first kappa shape index (κ1) is 46.7. The summed E-state index contributed by atoms with van der Waals surface area (Å²) in [5, 5.41) is 8.73. The molecule has 5 nitrogen and oxygen atoms in total. The van der Waals surface area contributed by atoms with Crippen LogP contribution in [-0.4, -0.2) is 6.71 Å². The molecule has 0 spiro atoms. The fourth-order valence-electron chi connectivity index (χ4n) is 14.6. The van der Waals surface area contributed by atoms with Crippen molar-refractivity contribution >= 4 is 155 Å². The lowest BCUT2D eigenvalue weighted by Gasteiger charge is -2.45. The molecule has 2 aliphatic rings. The molecule has 2 aliphatic heterocycles. The molecule has 7 heteroatoms. The van der Waals surface area contributed by atoms with Gasteiger partial charge in [-0.05, 0) is 92.8 Å². The van der Waals surface area contributed by atoms with Gasteiger partial charge in [0.05, 0.1) is 22.7 Å². The van der Waals surface area contributed by atoms with Gasteiger partial charge in [0.2, 0.25) is 0 Å². The molecule has 0 fully saturated rings. The van der Waals surface area contributed by atoms with Crippen molar-refractivity contribution in [1.82, 2.24) is 0 Å². The Morgan fingerprint density at radius 2 is 0.659 bits per heavy atom. The van der Waals surface area contributed by atoms with Gasteiger partial charge in [-0.3, -0.25) is 0 Å². The Morgan fingerprint density at radius 3 is 1.19 bits per heavy atom. The summed E-state index contributed by atoms with van der Waals surface area (Å²) >= 11 is 1.88. The molecule has 0 bridgehead atoms. The molecule has 85 heavy (non-hydrogen) atoms. The largest absolute Gasteiger partial charge is 0.456 e. The third-order valence-electron chi connectivity index (χ3n) is 18.0. The van der Waals surface area contributed by atoms with E-state index in [1.165, 1.54) is 20.2 Å². The second-order valence-corrected chi connectivity index (χ2v) is 23.5. The van der Waals surface area contributed by atoms with Crippen LogP contribution in [0.2, 0.25) is 0 Å². The fraction of sp³-hybridized carbons (Fsp3) is 0. The standard InChI is InChI=1S/C78H45BN2O3S/c1-4-24-46(25-5-1)50-30-10-11-31-51(50)49-44-60-70-61(45-49)81(59-39-19-13-33-53(59)48-28-8-3-9-29-48)74-72(78-69(57-37-17-23-43-65(57)85-78)68-56-36-16-22-42-64(56)84-77(68)74)79(70)71-73(80(60)58-38-18-12-32-52(58)47-26-6-2-7-27-47)76-67(55-35-15-21-41-63(55)83-76)66-54-34-14-20-40-62(54)82-75(66)71/h1-45H. The monoisotopic (exact) mass is 1100 g/mol. The van der Waals surface area contributed by atoms with Crippen LogP contribution in [0.5, 0.6) is 0 Å². The van der Waals surface area contributed by atoms with Gasteiger partial charge in [-0.1, -0.05) is 224 Å². The Hall–Kier alpha value is -10.9. The maximum absolute atomic E-state index is 7.65. The number of fused-ring (bicyclic) bond motifs is 22. The summed E-state index contributed by atoms with van der Waals surface area (Å²) in [6.07, 6.45) is 0. The van der Waals surface area contributed by atoms with Crippen LogP contribution in [0, 0.1) is 0 Å². The average Bonchev–Trinajstić information content (AvgIpc) is 1.75. The number of thiophene rings is 1. The van der Waals surface area contributed by atoms with Gasteiger partial charge in [0.15, 0.2) is 11.2 Å². The lowest BCUT2D eigenvalue weighted by atomic mass is 9.33. The van der Waals surface area contributed by atoms with Crippen LogP contribution in [0.4, 0.5) is 34.1 Å². The Kier molecular flexibility index (Phi) is 9.80. The highest BCUT2D eigenvalue weighted by Gasteiger charge is 2.50. The summed E-state index contributed by atoms with van der Waals surface area (Å²) in [6.45, 7) is -0.442. The second-order valence-electron chi connectivity index (χ2n) is 22.4. The molecule has 0 amide bonds. The Morgan fingerprint density at radius 1 is 0.282 bits per heavy atom. The predicted octanol–water partition coefficient (Wildman–Crippen LogP) is 20.5.